The SMILES string of the molecule is CN(C)C(=O)CCn1cc(S(=O)(=O)Cl)c([N+](=O)[O-])n1. The Hall–Kier alpha value is -1.68. The van der Waals surface area contributed by atoms with Crippen LogP contribution in [-0.4, -0.2) is 48.0 Å². The van der Waals surface area contributed by atoms with Crippen LogP contribution < -0.4 is 0 Å². The van der Waals surface area contributed by atoms with Gasteiger partial charge >= 0.3 is 5.82 Å². The van der Waals surface area contributed by atoms with Gasteiger partial charge in [0.25, 0.3) is 9.05 Å². The molecule has 0 fully saturated rings. The number of aryl methyl sites for hydroxylation is 1. The van der Waals surface area contributed by atoms with E-state index in [9.17, 15) is 23.3 Å². The van der Waals surface area contributed by atoms with Crippen molar-refractivity contribution in [3.8, 4) is 0 Å². The van der Waals surface area contributed by atoms with Gasteiger partial charge in [-0.2, -0.15) is 4.68 Å². The van der Waals surface area contributed by atoms with Gasteiger partial charge < -0.3 is 15.0 Å². The fraction of sp³-hybridized carbons (Fsp3) is 0.500. The van der Waals surface area contributed by atoms with Crippen molar-refractivity contribution in [1.82, 2.24) is 14.7 Å². The van der Waals surface area contributed by atoms with E-state index in [-0.39, 0.29) is 18.9 Å². The van der Waals surface area contributed by atoms with Crippen LogP contribution >= 0.6 is 10.7 Å². The molecule has 0 atom stereocenters. The molecule has 0 aliphatic carbocycles. The normalized spacial score (nSPS) is 11.3. The van der Waals surface area contributed by atoms with Crippen LogP contribution in [0.3, 0.4) is 0 Å². The summed E-state index contributed by atoms with van der Waals surface area (Å²) in [7, 11) is 3.93. The molecule has 1 aromatic heterocycles. The van der Waals surface area contributed by atoms with E-state index in [1.165, 1.54) is 4.90 Å². The topological polar surface area (TPSA) is 115 Å². The number of hydrogen-bond acceptors (Lipinski definition) is 6. The molecule has 0 saturated carbocycles. The number of carbonyl (C=O) groups is 1. The first-order chi connectivity index (χ1) is 8.62. The highest BCUT2D eigenvalue weighted by Gasteiger charge is 2.29. The molecule has 0 saturated heterocycles. The Morgan fingerprint density at radius 2 is 2.16 bits per heavy atom. The number of aromatic nitrogens is 2. The van der Waals surface area contributed by atoms with Crippen LogP contribution in [0.15, 0.2) is 11.1 Å². The summed E-state index contributed by atoms with van der Waals surface area (Å²) >= 11 is 0. The van der Waals surface area contributed by atoms with Crippen molar-refractivity contribution < 1.29 is 18.1 Å². The molecule has 0 spiro atoms. The zero-order valence-corrected chi connectivity index (χ0v) is 11.7. The van der Waals surface area contributed by atoms with Gasteiger partial charge in [0.2, 0.25) is 10.8 Å². The standard InChI is InChI=1S/C8H11ClN4O5S/c1-11(2)7(14)3-4-12-5-6(19(9,17)18)8(10-12)13(15)16/h5H,3-4H2,1-2H3. The average molecular weight is 311 g/mol. The number of nitrogens with zero attached hydrogens (tertiary/aromatic N) is 4. The quantitative estimate of drug-likeness (QED) is 0.436. The number of carbonyl (C=O) groups excluding carboxylic acids is 1. The Bertz CT molecular complexity index is 609. The molecule has 0 bridgehead atoms. The predicted molar refractivity (Wildman–Crippen MR) is 65.2 cm³/mol. The molecule has 0 aromatic carbocycles. The summed E-state index contributed by atoms with van der Waals surface area (Å²) in [5, 5.41) is 14.2. The minimum Gasteiger partial charge on any atom is -0.358 e. The van der Waals surface area contributed by atoms with Crippen molar-refractivity contribution >= 4 is 31.5 Å². The molecule has 19 heavy (non-hydrogen) atoms. The third-order valence-electron chi connectivity index (χ3n) is 2.20. The van der Waals surface area contributed by atoms with Crippen molar-refractivity contribution in [1.29, 1.82) is 0 Å². The Balaban J connectivity index is 3.00. The average Bonchev–Trinajstić information content (AvgIpc) is 2.69. The van der Waals surface area contributed by atoms with Gasteiger partial charge in [0.1, 0.15) is 0 Å². The van der Waals surface area contributed by atoms with Crippen molar-refractivity contribution in [3.63, 3.8) is 0 Å². The first-order valence-electron chi connectivity index (χ1n) is 4.99. The summed E-state index contributed by atoms with van der Waals surface area (Å²) in [5.74, 6) is -1.07. The lowest BCUT2D eigenvalue weighted by Gasteiger charge is -2.08. The molecule has 106 valence electrons. The van der Waals surface area contributed by atoms with Crippen molar-refractivity contribution in [2.45, 2.75) is 17.9 Å². The number of hydrogen-bond donors (Lipinski definition) is 0. The van der Waals surface area contributed by atoms with Gasteiger partial charge in [0.15, 0.2) is 0 Å². The summed E-state index contributed by atoms with van der Waals surface area (Å²) in [5.41, 5.74) is 0. The molecule has 1 rings (SSSR count). The summed E-state index contributed by atoms with van der Waals surface area (Å²) in [6.07, 6.45) is 0.969. The van der Waals surface area contributed by atoms with Crippen LogP contribution in [-0.2, 0) is 20.4 Å². The van der Waals surface area contributed by atoms with E-state index in [0.717, 1.165) is 10.9 Å². The van der Waals surface area contributed by atoms with Gasteiger partial charge in [0.05, 0.1) is 17.8 Å². The minimum atomic E-state index is -4.26. The van der Waals surface area contributed by atoms with Gasteiger partial charge in [-0.05, 0) is 4.92 Å². The lowest BCUT2D eigenvalue weighted by molar-refractivity contribution is -0.392. The molecule has 9 nitrogen and oxygen atoms in total. The fourth-order valence-electron chi connectivity index (χ4n) is 1.24. The molecule has 0 radical (unpaired) electrons. The molecule has 1 amide bonds. The summed E-state index contributed by atoms with van der Waals surface area (Å²) in [6, 6.07) is 0. The van der Waals surface area contributed by atoms with E-state index in [4.69, 9.17) is 10.7 Å². The zero-order valence-electron chi connectivity index (χ0n) is 10.1. The Kier molecular flexibility index (Phi) is 4.48. The molecule has 0 aliphatic heterocycles. The lowest BCUT2D eigenvalue weighted by atomic mass is 10.4. The van der Waals surface area contributed by atoms with Gasteiger partial charge in [0, 0.05) is 31.2 Å². The van der Waals surface area contributed by atoms with E-state index in [1.54, 1.807) is 14.1 Å². The highest BCUT2D eigenvalue weighted by atomic mass is 35.7. The summed E-state index contributed by atoms with van der Waals surface area (Å²) in [6.45, 7) is 0.0181. The van der Waals surface area contributed by atoms with Crippen molar-refractivity contribution in [2.24, 2.45) is 0 Å². The van der Waals surface area contributed by atoms with Crippen LogP contribution in [0.1, 0.15) is 6.42 Å². The number of amides is 1. The number of rotatable bonds is 5. The van der Waals surface area contributed by atoms with Crippen molar-refractivity contribution in [3.05, 3.63) is 16.3 Å². The Labute approximate surface area is 113 Å². The molecular weight excluding hydrogens is 300 g/mol. The van der Waals surface area contributed by atoms with Gasteiger partial charge in [-0.25, -0.2) is 8.42 Å². The second-order valence-corrected chi connectivity index (χ2v) is 6.35. The van der Waals surface area contributed by atoms with Crippen LogP contribution in [0.5, 0.6) is 0 Å². The molecular formula is C8H11ClN4O5S. The van der Waals surface area contributed by atoms with E-state index in [0.29, 0.717) is 0 Å². The molecule has 11 heteroatoms. The van der Waals surface area contributed by atoms with Crippen LogP contribution in [0.2, 0.25) is 0 Å². The molecule has 0 unspecified atom stereocenters. The highest BCUT2D eigenvalue weighted by molar-refractivity contribution is 8.13. The maximum atomic E-state index is 11.3. The monoisotopic (exact) mass is 310 g/mol. The highest BCUT2D eigenvalue weighted by Crippen LogP contribution is 2.24. The second kappa shape index (κ2) is 5.53. The van der Waals surface area contributed by atoms with E-state index >= 15 is 0 Å². The van der Waals surface area contributed by atoms with Gasteiger partial charge in [-0.1, -0.05) is 0 Å². The smallest absolute Gasteiger partial charge is 0.358 e. The van der Waals surface area contributed by atoms with E-state index < -0.39 is 24.7 Å². The second-order valence-electron chi connectivity index (χ2n) is 3.81. The fourth-order valence-corrected chi connectivity index (χ4v) is 2.15. The molecule has 1 heterocycles. The Morgan fingerprint density at radius 3 is 2.53 bits per heavy atom. The van der Waals surface area contributed by atoms with E-state index in [2.05, 4.69) is 5.10 Å². The number of nitro groups is 1. The molecule has 0 aliphatic rings. The van der Waals surface area contributed by atoms with Crippen LogP contribution in [0, 0.1) is 10.1 Å². The first kappa shape index (κ1) is 15.4. The largest absolute Gasteiger partial charge is 0.410 e. The van der Waals surface area contributed by atoms with Gasteiger partial charge in [-0.15, -0.1) is 0 Å². The lowest BCUT2D eigenvalue weighted by Crippen LogP contribution is -2.23. The maximum Gasteiger partial charge on any atom is 0.410 e. The van der Waals surface area contributed by atoms with Crippen LogP contribution in [0.4, 0.5) is 5.82 Å². The minimum absolute atomic E-state index is 0.0181. The summed E-state index contributed by atoms with van der Waals surface area (Å²) in [4.78, 5) is 21.7. The van der Waals surface area contributed by atoms with E-state index in [1.807, 2.05) is 0 Å². The molecule has 0 N–H and O–H groups in total. The van der Waals surface area contributed by atoms with Crippen LogP contribution in [0.25, 0.3) is 0 Å². The molecule has 1 aromatic rings. The third kappa shape index (κ3) is 3.89. The number of halogens is 1. The maximum absolute atomic E-state index is 11.3. The Morgan fingerprint density at radius 1 is 1.58 bits per heavy atom. The van der Waals surface area contributed by atoms with Crippen molar-refractivity contribution in [2.75, 3.05) is 14.1 Å². The zero-order chi connectivity index (χ0) is 14.8. The van der Waals surface area contributed by atoms with Gasteiger partial charge in [-0.3, -0.25) is 4.79 Å². The third-order valence-corrected chi connectivity index (χ3v) is 3.51. The predicted octanol–water partition coefficient (Wildman–Crippen LogP) is 0.197. The first-order valence-corrected chi connectivity index (χ1v) is 7.30. The summed E-state index contributed by atoms with van der Waals surface area (Å²) < 4.78 is 23.3.